The first-order valence-corrected chi connectivity index (χ1v) is 7.77. The lowest BCUT2D eigenvalue weighted by Gasteiger charge is -2.39. The van der Waals surface area contributed by atoms with Crippen LogP contribution in [0.2, 0.25) is 0 Å². The number of pyridine rings is 1. The maximum Gasteiger partial charge on any atom is 0.141 e. The number of hydrogen-bond acceptors (Lipinski definition) is 3. The number of piperidine rings is 1. The zero-order valence-corrected chi connectivity index (χ0v) is 12.6. The molecule has 0 aliphatic carbocycles. The molecular weight excluding hydrogens is 253 g/mol. The summed E-state index contributed by atoms with van der Waals surface area (Å²) in [6.45, 7) is 7.42. The monoisotopic (exact) mass is 279 g/mol. The average Bonchev–Trinajstić information content (AvgIpc) is 2.45. The SMILES string of the molecule is CCCNC(C)C1CCCCN1Cc1cncc(F)c1. The third-order valence-corrected chi connectivity index (χ3v) is 4.10. The Morgan fingerprint density at radius 1 is 1.45 bits per heavy atom. The van der Waals surface area contributed by atoms with Gasteiger partial charge >= 0.3 is 0 Å². The van der Waals surface area contributed by atoms with Gasteiger partial charge in [-0.2, -0.15) is 0 Å². The van der Waals surface area contributed by atoms with E-state index in [0.29, 0.717) is 12.1 Å². The van der Waals surface area contributed by atoms with Gasteiger partial charge < -0.3 is 5.32 Å². The Morgan fingerprint density at radius 2 is 2.30 bits per heavy atom. The average molecular weight is 279 g/mol. The summed E-state index contributed by atoms with van der Waals surface area (Å²) in [4.78, 5) is 6.43. The Balaban J connectivity index is 1.99. The van der Waals surface area contributed by atoms with Crippen molar-refractivity contribution in [1.82, 2.24) is 15.2 Å². The fourth-order valence-electron chi connectivity index (χ4n) is 3.06. The van der Waals surface area contributed by atoms with Gasteiger partial charge in [0.15, 0.2) is 0 Å². The fourth-order valence-corrected chi connectivity index (χ4v) is 3.06. The van der Waals surface area contributed by atoms with Crippen LogP contribution in [0.15, 0.2) is 18.5 Å². The van der Waals surface area contributed by atoms with Crippen LogP contribution in [-0.4, -0.2) is 35.1 Å². The van der Waals surface area contributed by atoms with Crippen molar-refractivity contribution in [2.24, 2.45) is 0 Å². The molecule has 1 aromatic heterocycles. The Bertz CT molecular complexity index is 410. The van der Waals surface area contributed by atoms with Gasteiger partial charge in [-0.3, -0.25) is 9.88 Å². The summed E-state index contributed by atoms with van der Waals surface area (Å²) in [6, 6.07) is 2.62. The van der Waals surface area contributed by atoms with Crippen LogP contribution in [-0.2, 0) is 6.54 Å². The predicted octanol–water partition coefficient (Wildman–Crippen LogP) is 2.96. The number of aromatic nitrogens is 1. The molecule has 1 aliphatic heterocycles. The van der Waals surface area contributed by atoms with E-state index in [1.807, 2.05) is 0 Å². The molecule has 0 amide bonds. The number of likely N-dealkylation sites (tertiary alicyclic amines) is 1. The molecule has 0 aromatic carbocycles. The van der Waals surface area contributed by atoms with Crippen molar-refractivity contribution in [2.75, 3.05) is 13.1 Å². The highest BCUT2D eigenvalue weighted by atomic mass is 19.1. The normalized spacial score (nSPS) is 21.9. The summed E-state index contributed by atoms with van der Waals surface area (Å²) in [5.74, 6) is -0.242. The largest absolute Gasteiger partial charge is 0.313 e. The molecule has 2 heterocycles. The quantitative estimate of drug-likeness (QED) is 0.867. The fraction of sp³-hybridized carbons (Fsp3) is 0.688. The molecule has 0 bridgehead atoms. The highest BCUT2D eigenvalue weighted by molar-refractivity contribution is 5.10. The van der Waals surface area contributed by atoms with Gasteiger partial charge in [0.2, 0.25) is 0 Å². The van der Waals surface area contributed by atoms with E-state index in [9.17, 15) is 4.39 Å². The molecule has 1 aromatic rings. The summed E-state index contributed by atoms with van der Waals surface area (Å²) in [5, 5.41) is 3.60. The van der Waals surface area contributed by atoms with E-state index in [1.54, 1.807) is 12.3 Å². The maximum atomic E-state index is 13.3. The van der Waals surface area contributed by atoms with Crippen LogP contribution in [0.5, 0.6) is 0 Å². The van der Waals surface area contributed by atoms with E-state index in [0.717, 1.165) is 31.6 Å². The van der Waals surface area contributed by atoms with Crippen molar-refractivity contribution in [2.45, 2.75) is 58.2 Å². The summed E-state index contributed by atoms with van der Waals surface area (Å²) >= 11 is 0. The van der Waals surface area contributed by atoms with Crippen LogP contribution in [0, 0.1) is 5.82 Å². The minimum absolute atomic E-state index is 0.242. The van der Waals surface area contributed by atoms with Gasteiger partial charge in [-0.05, 0) is 50.9 Å². The lowest BCUT2D eigenvalue weighted by molar-refractivity contribution is 0.111. The molecule has 20 heavy (non-hydrogen) atoms. The molecule has 0 radical (unpaired) electrons. The van der Waals surface area contributed by atoms with Gasteiger partial charge in [-0.15, -0.1) is 0 Å². The molecule has 3 nitrogen and oxygen atoms in total. The molecule has 4 heteroatoms. The zero-order valence-electron chi connectivity index (χ0n) is 12.6. The highest BCUT2D eigenvalue weighted by Gasteiger charge is 2.26. The molecule has 0 spiro atoms. The lowest BCUT2D eigenvalue weighted by atomic mass is 9.95. The third-order valence-electron chi connectivity index (χ3n) is 4.10. The molecule has 2 unspecified atom stereocenters. The lowest BCUT2D eigenvalue weighted by Crippen LogP contribution is -2.50. The van der Waals surface area contributed by atoms with Crippen LogP contribution in [0.25, 0.3) is 0 Å². The van der Waals surface area contributed by atoms with Gasteiger partial charge in [0.05, 0.1) is 6.20 Å². The van der Waals surface area contributed by atoms with E-state index >= 15 is 0 Å². The second-order valence-corrected chi connectivity index (χ2v) is 5.79. The van der Waals surface area contributed by atoms with Gasteiger partial charge in [0.1, 0.15) is 5.82 Å². The summed E-state index contributed by atoms with van der Waals surface area (Å²) in [5.41, 5.74) is 0.972. The molecule has 112 valence electrons. The van der Waals surface area contributed by atoms with Crippen molar-refractivity contribution in [1.29, 1.82) is 0 Å². The smallest absolute Gasteiger partial charge is 0.141 e. The zero-order chi connectivity index (χ0) is 14.4. The van der Waals surface area contributed by atoms with Crippen molar-refractivity contribution >= 4 is 0 Å². The molecule has 1 saturated heterocycles. The van der Waals surface area contributed by atoms with Gasteiger partial charge in [-0.1, -0.05) is 13.3 Å². The minimum Gasteiger partial charge on any atom is -0.313 e. The number of nitrogens with one attached hydrogen (secondary N) is 1. The summed E-state index contributed by atoms with van der Waals surface area (Å²) in [7, 11) is 0. The van der Waals surface area contributed by atoms with Crippen LogP contribution < -0.4 is 5.32 Å². The first-order chi connectivity index (χ1) is 9.70. The van der Waals surface area contributed by atoms with E-state index in [2.05, 4.69) is 29.0 Å². The van der Waals surface area contributed by atoms with Crippen molar-refractivity contribution in [3.63, 3.8) is 0 Å². The predicted molar refractivity (Wildman–Crippen MR) is 80.0 cm³/mol. The Kier molecular flexibility index (Phi) is 5.92. The van der Waals surface area contributed by atoms with Gasteiger partial charge in [0.25, 0.3) is 0 Å². The Morgan fingerprint density at radius 3 is 3.05 bits per heavy atom. The third kappa shape index (κ3) is 4.25. The number of halogens is 1. The topological polar surface area (TPSA) is 28.2 Å². The Hall–Kier alpha value is -1.00. The van der Waals surface area contributed by atoms with Crippen molar-refractivity contribution in [3.05, 3.63) is 29.8 Å². The van der Waals surface area contributed by atoms with Crippen LogP contribution in [0.3, 0.4) is 0 Å². The molecule has 1 fully saturated rings. The van der Waals surface area contributed by atoms with Crippen LogP contribution >= 0.6 is 0 Å². The van der Waals surface area contributed by atoms with E-state index in [-0.39, 0.29) is 5.82 Å². The van der Waals surface area contributed by atoms with Gasteiger partial charge in [-0.25, -0.2) is 4.39 Å². The summed E-state index contributed by atoms with van der Waals surface area (Å²) in [6.07, 6.45) is 7.95. The molecule has 2 atom stereocenters. The molecule has 1 aliphatic rings. The van der Waals surface area contributed by atoms with Crippen molar-refractivity contribution in [3.8, 4) is 0 Å². The van der Waals surface area contributed by atoms with Gasteiger partial charge in [0, 0.05) is 24.8 Å². The maximum absolute atomic E-state index is 13.3. The standard InChI is InChI=1S/C16H26FN3/c1-3-7-19-13(2)16-6-4-5-8-20(16)12-14-9-15(17)11-18-10-14/h9-11,13,16,19H,3-8,12H2,1-2H3. The molecule has 0 saturated carbocycles. The van der Waals surface area contributed by atoms with Crippen LogP contribution in [0.4, 0.5) is 4.39 Å². The second-order valence-electron chi connectivity index (χ2n) is 5.79. The summed E-state index contributed by atoms with van der Waals surface area (Å²) < 4.78 is 13.3. The second kappa shape index (κ2) is 7.70. The number of rotatable bonds is 6. The van der Waals surface area contributed by atoms with E-state index in [1.165, 1.54) is 25.5 Å². The number of nitrogens with zero attached hydrogens (tertiary/aromatic N) is 2. The van der Waals surface area contributed by atoms with E-state index in [4.69, 9.17) is 0 Å². The first-order valence-electron chi connectivity index (χ1n) is 7.77. The molecule has 2 rings (SSSR count). The van der Waals surface area contributed by atoms with E-state index < -0.39 is 0 Å². The van der Waals surface area contributed by atoms with Crippen LogP contribution in [0.1, 0.15) is 45.1 Å². The first kappa shape index (κ1) is 15.4. The van der Waals surface area contributed by atoms with Crippen molar-refractivity contribution < 1.29 is 4.39 Å². The minimum atomic E-state index is -0.242. The molecular formula is C16H26FN3. The number of hydrogen-bond donors (Lipinski definition) is 1. The molecule has 1 N–H and O–H groups in total. The highest BCUT2D eigenvalue weighted by Crippen LogP contribution is 2.22. The Labute approximate surface area is 121 Å².